The van der Waals surface area contributed by atoms with Gasteiger partial charge in [0.25, 0.3) is 0 Å². The Labute approximate surface area is 112 Å². The first-order valence-corrected chi connectivity index (χ1v) is 6.61. The number of piperidine rings is 1. The molecule has 4 heteroatoms. The maximum absolute atomic E-state index is 11.7. The second-order valence-corrected chi connectivity index (χ2v) is 5.15. The third kappa shape index (κ3) is 3.24. The molecule has 1 aromatic carbocycles. The van der Waals surface area contributed by atoms with Crippen molar-refractivity contribution in [2.24, 2.45) is 11.8 Å². The number of nitrogens with one attached hydrogen (secondary N) is 1. The molecule has 1 aromatic rings. The van der Waals surface area contributed by atoms with Crippen molar-refractivity contribution < 1.29 is 9.53 Å². The molecule has 1 fully saturated rings. The average molecular weight is 268 g/mol. The molecular weight excluding hydrogens is 250 g/mol. The average Bonchev–Trinajstić information content (AvgIpc) is 2.41. The molecule has 2 rings (SSSR count). The molecule has 1 aliphatic heterocycles. The molecule has 1 saturated heterocycles. The molecule has 1 aliphatic rings. The van der Waals surface area contributed by atoms with Crippen molar-refractivity contribution in [3.63, 3.8) is 0 Å². The fraction of sp³-hybridized carbons (Fsp3) is 0.500. The molecule has 18 heavy (non-hydrogen) atoms. The van der Waals surface area contributed by atoms with Crippen molar-refractivity contribution in [2.45, 2.75) is 12.8 Å². The number of esters is 1. The number of hydrogen-bond donors (Lipinski definition) is 1. The Kier molecular flexibility index (Phi) is 4.61. The van der Waals surface area contributed by atoms with E-state index >= 15 is 0 Å². The van der Waals surface area contributed by atoms with Gasteiger partial charge in [0.15, 0.2) is 0 Å². The Bertz CT molecular complexity index is 405. The van der Waals surface area contributed by atoms with Crippen LogP contribution in [0.4, 0.5) is 0 Å². The molecular formula is C14H18ClNO2. The Morgan fingerprint density at radius 1 is 1.44 bits per heavy atom. The lowest BCUT2D eigenvalue weighted by molar-refractivity contribution is -0.148. The van der Waals surface area contributed by atoms with Crippen molar-refractivity contribution >= 4 is 17.6 Å². The van der Waals surface area contributed by atoms with E-state index in [0.717, 1.165) is 24.4 Å². The zero-order chi connectivity index (χ0) is 13.0. The van der Waals surface area contributed by atoms with Crippen LogP contribution in [0.5, 0.6) is 0 Å². The van der Waals surface area contributed by atoms with Gasteiger partial charge in [-0.1, -0.05) is 23.7 Å². The van der Waals surface area contributed by atoms with E-state index in [4.69, 9.17) is 16.3 Å². The molecule has 0 spiro atoms. The van der Waals surface area contributed by atoms with Crippen molar-refractivity contribution in [3.05, 3.63) is 34.9 Å². The van der Waals surface area contributed by atoms with Gasteiger partial charge in [0.1, 0.15) is 0 Å². The molecule has 0 aliphatic carbocycles. The molecule has 3 nitrogen and oxygen atoms in total. The van der Waals surface area contributed by atoms with E-state index in [-0.39, 0.29) is 11.9 Å². The normalized spacial score (nSPS) is 23.7. The van der Waals surface area contributed by atoms with Gasteiger partial charge in [0.05, 0.1) is 13.0 Å². The number of carbonyl (C=O) groups is 1. The third-order valence-electron chi connectivity index (χ3n) is 3.54. The number of ether oxygens (including phenoxy) is 1. The number of benzene rings is 1. The summed E-state index contributed by atoms with van der Waals surface area (Å²) in [6.07, 6.45) is 1.90. The highest BCUT2D eigenvalue weighted by Crippen LogP contribution is 2.25. The highest BCUT2D eigenvalue weighted by atomic mass is 35.5. The van der Waals surface area contributed by atoms with Crippen LogP contribution in [0.25, 0.3) is 0 Å². The van der Waals surface area contributed by atoms with Gasteiger partial charge in [0.2, 0.25) is 0 Å². The maximum atomic E-state index is 11.7. The first kappa shape index (κ1) is 13.4. The van der Waals surface area contributed by atoms with Crippen LogP contribution in [0.3, 0.4) is 0 Å². The van der Waals surface area contributed by atoms with Crippen molar-refractivity contribution in [2.75, 3.05) is 20.2 Å². The lowest BCUT2D eigenvalue weighted by atomic mass is 9.82. The molecule has 2 atom stereocenters. The van der Waals surface area contributed by atoms with Crippen LogP contribution >= 0.6 is 11.6 Å². The summed E-state index contributed by atoms with van der Waals surface area (Å²) >= 11 is 5.87. The Morgan fingerprint density at radius 2 is 2.17 bits per heavy atom. The number of rotatable bonds is 3. The summed E-state index contributed by atoms with van der Waals surface area (Å²) in [6, 6.07) is 7.84. The molecule has 0 bridgehead atoms. The van der Waals surface area contributed by atoms with E-state index < -0.39 is 0 Å². The van der Waals surface area contributed by atoms with Crippen LogP contribution in [0.1, 0.15) is 12.0 Å². The SMILES string of the molecule is COC(=O)[C@@H]1CNCC[C@@H]1Cc1ccc(Cl)cc1. The Morgan fingerprint density at radius 3 is 2.83 bits per heavy atom. The van der Waals surface area contributed by atoms with E-state index in [9.17, 15) is 4.79 Å². The number of methoxy groups -OCH3 is 1. The molecule has 0 radical (unpaired) electrons. The van der Waals surface area contributed by atoms with Gasteiger partial charge in [-0.25, -0.2) is 0 Å². The van der Waals surface area contributed by atoms with Gasteiger partial charge in [0, 0.05) is 11.6 Å². The summed E-state index contributed by atoms with van der Waals surface area (Å²) in [5, 5.41) is 4.00. The summed E-state index contributed by atoms with van der Waals surface area (Å²) in [4.78, 5) is 11.7. The number of halogens is 1. The first-order valence-electron chi connectivity index (χ1n) is 6.23. The van der Waals surface area contributed by atoms with Crippen LogP contribution in [0.15, 0.2) is 24.3 Å². The molecule has 98 valence electrons. The molecule has 0 saturated carbocycles. The van der Waals surface area contributed by atoms with Gasteiger partial charge in [-0.2, -0.15) is 0 Å². The zero-order valence-electron chi connectivity index (χ0n) is 10.5. The van der Waals surface area contributed by atoms with Gasteiger partial charge >= 0.3 is 5.97 Å². The molecule has 1 heterocycles. The number of hydrogen-bond acceptors (Lipinski definition) is 3. The molecule has 0 aromatic heterocycles. The van der Waals surface area contributed by atoms with E-state index in [1.54, 1.807) is 0 Å². The smallest absolute Gasteiger partial charge is 0.310 e. The minimum Gasteiger partial charge on any atom is -0.469 e. The fourth-order valence-electron chi connectivity index (χ4n) is 2.51. The van der Waals surface area contributed by atoms with Crippen LogP contribution in [0, 0.1) is 11.8 Å². The van der Waals surface area contributed by atoms with Gasteiger partial charge in [-0.05, 0) is 43.0 Å². The summed E-state index contributed by atoms with van der Waals surface area (Å²) in [5.74, 6) is 0.195. The largest absolute Gasteiger partial charge is 0.469 e. The van der Waals surface area contributed by atoms with Crippen LogP contribution in [-0.4, -0.2) is 26.2 Å². The van der Waals surface area contributed by atoms with Crippen molar-refractivity contribution in [1.29, 1.82) is 0 Å². The van der Waals surface area contributed by atoms with Crippen LogP contribution in [-0.2, 0) is 16.0 Å². The molecule has 0 unspecified atom stereocenters. The lowest BCUT2D eigenvalue weighted by Gasteiger charge is -2.30. The summed E-state index contributed by atoms with van der Waals surface area (Å²) < 4.78 is 4.88. The number of carbonyl (C=O) groups excluding carboxylic acids is 1. The standard InChI is InChI=1S/C14H18ClNO2/c1-18-14(17)13-9-16-7-6-11(13)8-10-2-4-12(15)5-3-10/h2-5,11,13,16H,6-9H2,1H3/t11-,13-/m1/s1. The predicted molar refractivity (Wildman–Crippen MR) is 71.6 cm³/mol. The minimum absolute atomic E-state index is 0.0422. The highest BCUT2D eigenvalue weighted by Gasteiger charge is 2.31. The molecule has 1 N–H and O–H groups in total. The summed E-state index contributed by atoms with van der Waals surface area (Å²) in [5.41, 5.74) is 1.22. The van der Waals surface area contributed by atoms with Crippen molar-refractivity contribution in [3.8, 4) is 0 Å². The van der Waals surface area contributed by atoms with E-state index in [0.29, 0.717) is 12.5 Å². The van der Waals surface area contributed by atoms with Crippen molar-refractivity contribution in [1.82, 2.24) is 5.32 Å². The van der Waals surface area contributed by atoms with Crippen LogP contribution in [0.2, 0.25) is 5.02 Å². The van der Waals surface area contributed by atoms with Gasteiger partial charge in [-0.15, -0.1) is 0 Å². The zero-order valence-corrected chi connectivity index (χ0v) is 11.2. The Balaban J connectivity index is 2.05. The van der Waals surface area contributed by atoms with E-state index in [1.807, 2.05) is 24.3 Å². The second kappa shape index (κ2) is 6.21. The first-order chi connectivity index (χ1) is 8.70. The summed E-state index contributed by atoms with van der Waals surface area (Å²) in [7, 11) is 1.45. The monoisotopic (exact) mass is 267 g/mol. The fourth-order valence-corrected chi connectivity index (χ4v) is 2.63. The molecule has 0 amide bonds. The van der Waals surface area contributed by atoms with Gasteiger partial charge < -0.3 is 10.1 Å². The Hall–Kier alpha value is -1.06. The quantitative estimate of drug-likeness (QED) is 0.854. The predicted octanol–water partition coefficient (Wildman–Crippen LogP) is 2.28. The minimum atomic E-state index is -0.110. The maximum Gasteiger partial charge on any atom is 0.310 e. The lowest BCUT2D eigenvalue weighted by Crippen LogP contribution is -2.42. The highest BCUT2D eigenvalue weighted by molar-refractivity contribution is 6.30. The topological polar surface area (TPSA) is 38.3 Å². The van der Waals surface area contributed by atoms with E-state index in [1.165, 1.54) is 12.7 Å². The summed E-state index contributed by atoms with van der Waals surface area (Å²) in [6.45, 7) is 1.68. The van der Waals surface area contributed by atoms with Crippen LogP contribution < -0.4 is 5.32 Å². The third-order valence-corrected chi connectivity index (χ3v) is 3.79. The second-order valence-electron chi connectivity index (χ2n) is 4.71. The van der Waals surface area contributed by atoms with E-state index in [2.05, 4.69) is 5.32 Å². The van der Waals surface area contributed by atoms with Gasteiger partial charge in [-0.3, -0.25) is 4.79 Å².